The Bertz CT molecular complexity index is 840. The van der Waals surface area contributed by atoms with E-state index in [2.05, 4.69) is 5.32 Å². The third-order valence-corrected chi connectivity index (χ3v) is 4.52. The van der Waals surface area contributed by atoms with E-state index in [4.69, 9.17) is 21.1 Å². The molecule has 2 aromatic carbocycles. The van der Waals surface area contributed by atoms with E-state index in [1.54, 1.807) is 42.3 Å². The van der Waals surface area contributed by atoms with Crippen LogP contribution in [0.5, 0.6) is 11.5 Å². The molecular weight excluding hydrogens is 356 g/mol. The highest BCUT2D eigenvalue weighted by Gasteiger charge is 2.35. The number of rotatable bonds is 5. The topological polar surface area (TPSA) is 67.9 Å². The van der Waals surface area contributed by atoms with Crippen LogP contribution >= 0.6 is 11.6 Å². The van der Waals surface area contributed by atoms with Crippen molar-refractivity contribution in [2.75, 3.05) is 31.0 Å². The Morgan fingerprint density at radius 1 is 1.19 bits per heavy atom. The highest BCUT2D eigenvalue weighted by atomic mass is 35.5. The zero-order valence-electron chi connectivity index (χ0n) is 14.5. The quantitative estimate of drug-likeness (QED) is 0.871. The molecule has 0 radical (unpaired) electrons. The fraction of sp³-hybridized carbons (Fsp3) is 0.263. The molecule has 1 N–H and O–H groups in total. The highest BCUT2D eigenvalue weighted by Crippen LogP contribution is 2.31. The van der Waals surface area contributed by atoms with Gasteiger partial charge in [-0.15, -0.1) is 0 Å². The number of methoxy groups -OCH3 is 2. The van der Waals surface area contributed by atoms with Gasteiger partial charge in [0, 0.05) is 29.7 Å². The monoisotopic (exact) mass is 374 g/mol. The average Bonchev–Trinajstić information content (AvgIpc) is 3.04. The maximum absolute atomic E-state index is 12.6. The Kier molecular flexibility index (Phi) is 5.32. The molecule has 1 unspecified atom stereocenters. The molecule has 2 amide bonds. The second-order valence-corrected chi connectivity index (χ2v) is 6.38. The van der Waals surface area contributed by atoms with Gasteiger partial charge in [-0.1, -0.05) is 17.7 Å². The summed E-state index contributed by atoms with van der Waals surface area (Å²) in [4.78, 5) is 26.6. The van der Waals surface area contributed by atoms with Crippen molar-refractivity contribution in [2.24, 2.45) is 5.92 Å². The van der Waals surface area contributed by atoms with Gasteiger partial charge in [0.25, 0.3) is 0 Å². The van der Waals surface area contributed by atoms with Gasteiger partial charge < -0.3 is 19.7 Å². The molecule has 1 aliphatic rings. The second kappa shape index (κ2) is 7.66. The molecule has 1 aliphatic heterocycles. The van der Waals surface area contributed by atoms with E-state index in [9.17, 15) is 9.59 Å². The standard InChI is InChI=1S/C19H19ClN2O4/c1-25-15-5-3-4-14(10-15)22-11-12(8-18(22)23)19(24)21-16-9-13(20)6-7-17(16)26-2/h3-7,9-10,12H,8,11H2,1-2H3,(H,21,24). The number of carbonyl (C=O) groups is 2. The molecule has 3 rings (SSSR count). The van der Waals surface area contributed by atoms with E-state index in [-0.39, 0.29) is 18.2 Å². The number of benzene rings is 2. The van der Waals surface area contributed by atoms with E-state index in [0.717, 1.165) is 0 Å². The van der Waals surface area contributed by atoms with Crippen LogP contribution in [0.1, 0.15) is 6.42 Å². The first-order valence-electron chi connectivity index (χ1n) is 8.10. The molecule has 1 fully saturated rings. The summed E-state index contributed by atoms with van der Waals surface area (Å²) in [6, 6.07) is 12.2. The molecule has 26 heavy (non-hydrogen) atoms. The average molecular weight is 375 g/mol. The summed E-state index contributed by atoms with van der Waals surface area (Å²) >= 11 is 5.99. The summed E-state index contributed by atoms with van der Waals surface area (Å²) in [5.41, 5.74) is 1.20. The molecule has 136 valence electrons. The van der Waals surface area contributed by atoms with Crippen LogP contribution in [-0.2, 0) is 9.59 Å². The van der Waals surface area contributed by atoms with Crippen molar-refractivity contribution in [1.82, 2.24) is 0 Å². The lowest BCUT2D eigenvalue weighted by Gasteiger charge is -2.18. The lowest BCUT2D eigenvalue weighted by Crippen LogP contribution is -2.28. The Morgan fingerprint density at radius 2 is 2.00 bits per heavy atom. The minimum atomic E-state index is -0.461. The van der Waals surface area contributed by atoms with Crippen molar-refractivity contribution in [3.8, 4) is 11.5 Å². The van der Waals surface area contributed by atoms with Crippen LogP contribution in [0.25, 0.3) is 0 Å². The number of amides is 2. The van der Waals surface area contributed by atoms with Gasteiger partial charge in [0.05, 0.1) is 25.8 Å². The number of nitrogens with one attached hydrogen (secondary N) is 1. The number of hydrogen-bond acceptors (Lipinski definition) is 4. The Hall–Kier alpha value is -2.73. The predicted molar refractivity (Wildman–Crippen MR) is 100 cm³/mol. The summed E-state index contributed by atoms with van der Waals surface area (Å²) in [5.74, 6) is 0.363. The van der Waals surface area contributed by atoms with Crippen molar-refractivity contribution < 1.29 is 19.1 Å². The van der Waals surface area contributed by atoms with Crippen LogP contribution in [0.2, 0.25) is 5.02 Å². The summed E-state index contributed by atoms with van der Waals surface area (Å²) in [7, 11) is 3.09. The van der Waals surface area contributed by atoms with Gasteiger partial charge in [0.2, 0.25) is 11.8 Å². The minimum Gasteiger partial charge on any atom is -0.497 e. The Balaban J connectivity index is 1.74. The molecule has 0 aliphatic carbocycles. The van der Waals surface area contributed by atoms with Crippen LogP contribution < -0.4 is 19.7 Å². The van der Waals surface area contributed by atoms with Crippen LogP contribution in [0, 0.1) is 5.92 Å². The number of nitrogens with zero attached hydrogens (tertiary/aromatic N) is 1. The lowest BCUT2D eigenvalue weighted by atomic mass is 10.1. The number of halogens is 1. The zero-order valence-corrected chi connectivity index (χ0v) is 15.2. The van der Waals surface area contributed by atoms with Gasteiger partial charge in [0.15, 0.2) is 0 Å². The van der Waals surface area contributed by atoms with E-state index in [1.165, 1.54) is 7.11 Å². The van der Waals surface area contributed by atoms with Crippen LogP contribution in [0.15, 0.2) is 42.5 Å². The number of carbonyl (C=O) groups excluding carboxylic acids is 2. The summed E-state index contributed by atoms with van der Waals surface area (Å²) in [5, 5.41) is 3.29. The van der Waals surface area contributed by atoms with E-state index < -0.39 is 5.92 Å². The molecule has 1 saturated heterocycles. The lowest BCUT2D eigenvalue weighted by molar-refractivity contribution is -0.122. The summed E-state index contributed by atoms with van der Waals surface area (Å²) < 4.78 is 10.4. The third kappa shape index (κ3) is 3.75. The fourth-order valence-corrected chi connectivity index (χ4v) is 3.10. The molecule has 1 atom stereocenters. The second-order valence-electron chi connectivity index (χ2n) is 5.94. The number of hydrogen-bond donors (Lipinski definition) is 1. The Labute approximate surface area is 156 Å². The summed E-state index contributed by atoms with van der Waals surface area (Å²) in [6.45, 7) is 0.306. The van der Waals surface area contributed by atoms with Crippen molar-refractivity contribution in [3.63, 3.8) is 0 Å². The zero-order chi connectivity index (χ0) is 18.7. The first-order chi connectivity index (χ1) is 12.5. The molecule has 6 nitrogen and oxygen atoms in total. The minimum absolute atomic E-state index is 0.100. The maximum atomic E-state index is 12.6. The van der Waals surface area contributed by atoms with Crippen LogP contribution in [0.4, 0.5) is 11.4 Å². The van der Waals surface area contributed by atoms with Gasteiger partial charge >= 0.3 is 0 Å². The molecule has 0 aromatic heterocycles. The fourth-order valence-electron chi connectivity index (χ4n) is 2.92. The first kappa shape index (κ1) is 18.1. The normalized spacial score (nSPS) is 16.5. The molecule has 0 saturated carbocycles. The van der Waals surface area contributed by atoms with Crippen molar-refractivity contribution >= 4 is 34.8 Å². The van der Waals surface area contributed by atoms with Crippen molar-refractivity contribution in [2.45, 2.75) is 6.42 Å². The smallest absolute Gasteiger partial charge is 0.229 e. The predicted octanol–water partition coefficient (Wildman–Crippen LogP) is 3.35. The highest BCUT2D eigenvalue weighted by molar-refractivity contribution is 6.31. The molecular formula is C19H19ClN2O4. The molecule has 0 spiro atoms. The Morgan fingerprint density at radius 3 is 2.73 bits per heavy atom. The third-order valence-electron chi connectivity index (χ3n) is 4.28. The maximum Gasteiger partial charge on any atom is 0.229 e. The van der Waals surface area contributed by atoms with Gasteiger partial charge in [-0.25, -0.2) is 0 Å². The number of ether oxygens (including phenoxy) is 2. The molecule has 7 heteroatoms. The van der Waals surface area contributed by atoms with E-state index >= 15 is 0 Å². The van der Waals surface area contributed by atoms with Crippen molar-refractivity contribution in [3.05, 3.63) is 47.5 Å². The van der Waals surface area contributed by atoms with Crippen LogP contribution in [0.3, 0.4) is 0 Å². The SMILES string of the molecule is COc1cccc(N2CC(C(=O)Nc3cc(Cl)ccc3OC)CC2=O)c1. The first-order valence-corrected chi connectivity index (χ1v) is 8.48. The van der Waals surface area contributed by atoms with Gasteiger partial charge in [-0.2, -0.15) is 0 Å². The van der Waals surface area contributed by atoms with Crippen molar-refractivity contribution in [1.29, 1.82) is 0 Å². The van der Waals surface area contributed by atoms with E-state index in [1.807, 2.05) is 12.1 Å². The van der Waals surface area contributed by atoms with Gasteiger partial charge in [0.1, 0.15) is 11.5 Å². The van der Waals surface area contributed by atoms with Gasteiger partial charge in [-0.3, -0.25) is 9.59 Å². The summed E-state index contributed by atoms with van der Waals surface area (Å²) in [6.07, 6.45) is 0.145. The van der Waals surface area contributed by atoms with E-state index in [0.29, 0.717) is 34.4 Å². The van der Waals surface area contributed by atoms with Crippen LogP contribution in [-0.4, -0.2) is 32.6 Å². The number of anilines is 2. The largest absolute Gasteiger partial charge is 0.497 e. The van der Waals surface area contributed by atoms with Gasteiger partial charge in [-0.05, 0) is 30.3 Å². The molecule has 1 heterocycles. The molecule has 2 aromatic rings. The molecule has 0 bridgehead atoms.